The van der Waals surface area contributed by atoms with Crippen molar-refractivity contribution in [1.82, 2.24) is 4.73 Å². The molecule has 0 radical (unpaired) electrons. The van der Waals surface area contributed by atoms with Crippen LogP contribution in [-0.2, 0) is 16.6 Å². The van der Waals surface area contributed by atoms with Gasteiger partial charge >= 0.3 is 0 Å². The number of aryl methyl sites for hydroxylation is 2. The number of anilines is 1. The first-order valence-corrected chi connectivity index (χ1v) is 10.7. The van der Waals surface area contributed by atoms with Crippen molar-refractivity contribution in [3.05, 3.63) is 87.8 Å². The van der Waals surface area contributed by atoms with Crippen LogP contribution in [0.3, 0.4) is 0 Å². The fourth-order valence-corrected chi connectivity index (χ4v) is 3.74. The Bertz CT molecular complexity index is 1170. The minimum atomic E-state index is -3.67. The molecule has 152 valence electrons. The van der Waals surface area contributed by atoms with Crippen molar-refractivity contribution in [2.45, 2.75) is 20.4 Å². The van der Waals surface area contributed by atoms with E-state index >= 15 is 0 Å². The van der Waals surface area contributed by atoms with E-state index in [1.165, 1.54) is 6.20 Å². The number of aromatic nitrogens is 1. The second-order valence-electron chi connectivity index (χ2n) is 6.87. The molecule has 0 unspecified atom stereocenters. The van der Waals surface area contributed by atoms with Gasteiger partial charge in [-0.1, -0.05) is 17.7 Å². The Morgan fingerprint density at radius 1 is 0.966 bits per heavy atom. The van der Waals surface area contributed by atoms with E-state index in [1.54, 1.807) is 37.3 Å². The van der Waals surface area contributed by atoms with Crippen molar-refractivity contribution in [3.63, 3.8) is 0 Å². The number of nitrogens with zero attached hydrogens (tertiary/aromatic N) is 2. The summed E-state index contributed by atoms with van der Waals surface area (Å²) in [5.41, 5.74) is 1.64. The topological polar surface area (TPSA) is 88.8 Å². The molecule has 0 aliphatic carbocycles. The summed E-state index contributed by atoms with van der Waals surface area (Å²) in [7, 11) is -3.67. The highest BCUT2D eigenvalue weighted by atomic mass is 32.2. The van der Waals surface area contributed by atoms with E-state index in [0.717, 1.165) is 16.1 Å². The highest BCUT2D eigenvalue weighted by molar-refractivity contribution is 7.92. The van der Waals surface area contributed by atoms with Crippen LogP contribution in [0.2, 0.25) is 0 Å². The summed E-state index contributed by atoms with van der Waals surface area (Å²) < 4.78 is 32.0. The maximum atomic E-state index is 12.3. The van der Waals surface area contributed by atoms with Crippen LogP contribution in [0.1, 0.15) is 16.7 Å². The van der Waals surface area contributed by atoms with Crippen molar-refractivity contribution < 1.29 is 18.4 Å². The average molecular weight is 414 g/mol. The molecule has 3 aromatic rings. The van der Waals surface area contributed by atoms with Gasteiger partial charge in [-0.15, -0.1) is 0 Å². The van der Waals surface area contributed by atoms with Gasteiger partial charge in [0.2, 0.25) is 10.0 Å². The van der Waals surface area contributed by atoms with Crippen molar-refractivity contribution in [1.29, 1.82) is 0 Å². The number of rotatable bonds is 6. The van der Waals surface area contributed by atoms with Gasteiger partial charge in [-0.2, -0.15) is 4.73 Å². The van der Waals surface area contributed by atoms with Gasteiger partial charge in [0.1, 0.15) is 11.5 Å². The lowest BCUT2D eigenvalue weighted by atomic mass is 10.2. The fraction of sp³-hybridized carbons (Fsp3) is 0.190. The van der Waals surface area contributed by atoms with E-state index in [9.17, 15) is 18.4 Å². The quantitative estimate of drug-likeness (QED) is 0.624. The van der Waals surface area contributed by atoms with E-state index in [0.29, 0.717) is 27.5 Å². The van der Waals surface area contributed by atoms with Crippen LogP contribution in [0.25, 0.3) is 0 Å². The molecule has 0 amide bonds. The summed E-state index contributed by atoms with van der Waals surface area (Å²) >= 11 is 0. The second-order valence-corrected chi connectivity index (χ2v) is 8.78. The monoisotopic (exact) mass is 414 g/mol. The maximum Gasteiger partial charge on any atom is 0.287 e. The van der Waals surface area contributed by atoms with Gasteiger partial charge in [-0.05, 0) is 61.9 Å². The van der Waals surface area contributed by atoms with Gasteiger partial charge in [0.15, 0.2) is 0 Å². The zero-order chi connectivity index (χ0) is 21.2. The summed E-state index contributed by atoms with van der Waals surface area (Å²) in [5, 5.41) is 9.68. The number of ether oxygens (including phenoxy) is 1. The van der Waals surface area contributed by atoms with Crippen LogP contribution in [0.4, 0.5) is 5.69 Å². The standard InChI is InChI=1S/C21H22N2O5S/c1-15-4-8-19(9-5-15)28-20-10-6-18(7-11-20)23(29(3,26)27)14-17-12-16(2)13-22(25)21(17)24/h4-13,25H,14H2,1-3H3. The normalized spacial score (nSPS) is 11.3. The zero-order valence-corrected chi connectivity index (χ0v) is 17.2. The molecule has 7 nitrogen and oxygen atoms in total. The number of pyridine rings is 1. The maximum absolute atomic E-state index is 12.3. The van der Waals surface area contributed by atoms with Crippen LogP contribution in [-0.4, -0.2) is 24.6 Å². The lowest BCUT2D eigenvalue weighted by molar-refractivity contribution is 0.173. The predicted octanol–water partition coefficient (Wildman–Crippen LogP) is 3.46. The summed E-state index contributed by atoms with van der Waals surface area (Å²) in [4.78, 5) is 12.2. The van der Waals surface area contributed by atoms with E-state index in [4.69, 9.17) is 4.74 Å². The first-order valence-electron chi connectivity index (χ1n) is 8.87. The van der Waals surface area contributed by atoms with Crippen LogP contribution in [0.5, 0.6) is 11.5 Å². The third kappa shape index (κ3) is 4.97. The van der Waals surface area contributed by atoms with Crippen molar-refractivity contribution in [3.8, 4) is 11.5 Å². The van der Waals surface area contributed by atoms with Gasteiger partial charge in [0.05, 0.1) is 24.7 Å². The molecule has 0 fully saturated rings. The number of benzene rings is 2. The summed E-state index contributed by atoms with van der Waals surface area (Å²) in [6.45, 7) is 3.49. The molecule has 8 heteroatoms. The zero-order valence-electron chi connectivity index (χ0n) is 16.4. The molecule has 0 aliphatic rings. The molecule has 1 aromatic heterocycles. The summed E-state index contributed by atoms with van der Waals surface area (Å²) in [6.07, 6.45) is 2.34. The molecular formula is C21H22N2O5S. The average Bonchev–Trinajstić information content (AvgIpc) is 2.65. The van der Waals surface area contributed by atoms with Gasteiger partial charge in [-0.25, -0.2) is 8.42 Å². The van der Waals surface area contributed by atoms with Gasteiger partial charge in [0, 0.05) is 5.56 Å². The number of hydrogen-bond acceptors (Lipinski definition) is 5. The Hall–Kier alpha value is -3.26. The second kappa shape index (κ2) is 8.00. The van der Waals surface area contributed by atoms with E-state index in [1.807, 2.05) is 31.2 Å². The van der Waals surface area contributed by atoms with Gasteiger partial charge in [0.25, 0.3) is 5.56 Å². The number of sulfonamides is 1. The Balaban J connectivity index is 1.88. The Labute approximate surface area is 169 Å². The molecular weight excluding hydrogens is 392 g/mol. The molecule has 1 N–H and O–H groups in total. The van der Waals surface area contributed by atoms with E-state index < -0.39 is 15.6 Å². The van der Waals surface area contributed by atoms with Crippen LogP contribution < -0.4 is 14.6 Å². The first kappa shape index (κ1) is 20.5. The molecule has 2 aromatic carbocycles. The summed E-state index contributed by atoms with van der Waals surface area (Å²) in [5.74, 6) is 1.23. The first-order chi connectivity index (χ1) is 13.6. The summed E-state index contributed by atoms with van der Waals surface area (Å²) in [6, 6.07) is 15.7. The minimum absolute atomic E-state index is 0.165. The fourth-order valence-electron chi connectivity index (χ4n) is 2.86. The third-order valence-corrected chi connectivity index (χ3v) is 5.45. The van der Waals surface area contributed by atoms with E-state index in [2.05, 4.69) is 0 Å². The van der Waals surface area contributed by atoms with Crippen LogP contribution >= 0.6 is 0 Å². The van der Waals surface area contributed by atoms with Gasteiger partial charge < -0.3 is 9.94 Å². The van der Waals surface area contributed by atoms with Crippen molar-refractivity contribution in [2.75, 3.05) is 10.6 Å². The lowest BCUT2D eigenvalue weighted by Gasteiger charge is -2.22. The minimum Gasteiger partial charge on any atom is -0.457 e. The largest absolute Gasteiger partial charge is 0.457 e. The predicted molar refractivity (Wildman–Crippen MR) is 111 cm³/mol. The molecule has 0 atom stereocenters. The number of hydrogen-bond donors (Lipinski definition) is 1. The molecule has 0 spiro atoms. The lowest BCUT2D eigenvalue weighted by Crippen LogP contribution is -2.33. The molecule has 0 bridgehead atoms. The van der Waals surface area contributed by atoms with Gasteiger partial charge in [-0.3, -0.25) is 9.10 Å². The van der Waals surface area contributed by atoms with Crippen molar-refractivity contribution >= 4 is 15.7 Å². The Kier molecular flexibility index (Phi) is 5.65. The third-order valence-electron chi connectivity index (χ3n) is 4.31. The molecule has 1 heterocycles. The molecule has 0 saturated heterocycles. The van der Waals surface area contributed by atoms with Crippen LogP contribution in [0.15, 0.2) is 65.6 Å². The smallest absolute Gasteiger partial charge is 0.287 e. The SMILES string of the molecule is Cc1ccc(Oc2ccc(N(Cc3cc(C)cn(O)c3=O)S(C)(=O)=O)cc2)cc1. The Morgan fingerprint density at radius 2 is 1.52 bits per heavy atom. The molecule has 29 heavy (non-hydrogen) atoms. The van der Waals surface area contributed by atoms with Crippen LogP contribution in [0, 0.1) is 13.8 Å². The highest BCUT2D eigenvalue weighted by Crippen LogP contribution is 2.26. The highest BCUT2D eigenvalue weighted by Gasteiger charge is 2.20. The van der Waals surface area contributed by atoms with E-state index in [-0.39, 0.29) is 12.1 Å². The Morgan fingerprint density at radius 3 is 2.07 bits per heavy atom. The molecule has 0 aliphatic heterocycles. The molecule has 3 rings (SSSR count). The van der Waals surface area contributed by atoms with Crippen molar-refractivity contribution in [2.24, 2.45) is 0 Å². The molecule has 0 saturated carbocycles.